The van der Waals surface area contributed by atoms with Crippen LogP contribution in [-0.2, 0) is 0 Å². The lowest BCUT2D eigenvalue weighted by Gasteiger charge is -1.88. The SMILES string of the molecule is S=c1[nH]c2cc3sc(=S)[nH]c3cc2s1. The average molecular weight is 256 g/mol. The van der Waals surface area contributed by atoms with Gasteiger partial charge >= 0.3 is 0 Å². The van der Waals surface area contributed by atoms with Crippen LogP contribution in [0.15, 0.2) is 12.1 Å². The molecule has 6 heteroatoms. The number of hydrogen-bond acceptors (Lipinski definition) is 4. The fourth-order valence-corrected chi connectivity index (χ4v) is 3.67. The summed E-state index contributed by atoms with van der Waals surface area (Å²) in [7, 11) is 0. The van der Waals surface area contributed by atoms with E-state index >= 15 is 0 Å². The summed E-state index contributed by atoms with van der Waals surface area (Å²) in [5, 5.41) is 0. The summed E-state index contributed by atoms with van der Waals surface area (Å²) in [5.41, 5.74) is 2.19. The van der Waals surface area contributed by atoms with Gasteiger partial charge in [-0.2, -0.15) is 0 Å². The van der Waals surface area contributed by atoms with Crippen LogP contribution in [0.3, 0.4) is 0 Å². The van der Waals surface area contributed by atoms with Gasteiger partial charge in [-0.05, 0) is 36.6 Å². The van der Waals surface area contributed by atoms with Crippen molar-refractivity contribution in [3.8, 4) is 0 Å². The number of aromatic nitrogens is 2. The summed E-state index contributed by atoms with van der Waals surface area (Å²) >= 11 is 13.3. The Labute approximate surface area is 97.2 Å². The minimum Gasteiger partial charge on any atom is -0.337 e. The highest BCUT2D eigenvalue weighted by Gasteiger charge is 2.02. The van der Waals surface area contributed by atoms with Crippen molar-refractivity contribution in [2.45, 2.75) is 0 Å². The molecule has 0 aliphatic rings. The first-order valence-electron chi connectivity index (χ1n) is 3.88. The minimum absolute atomic E-state index is 0.816. The summed E-state index contributed by atoms with van der Waals surface area (Å²) in [6, 6.07) is 4.18. The minimum atomic E-state index is 0.816. The normalized spacial score (nSPS) is 11.4. The maximum absolute atomic E-state index is 5.09. The molecule has 14 heavy (non-hydrogen) atoms. The Morgan fingerprint density at radius 2 is 1.29 bits per heavy atom. The van der Waals surface area contributed by atoms with E-state index in [4.69, 9.17) is 24.4 Å². The Hall–Kier alpha value is -0.560. The second kappa shape index (κ2) is 2.96. The lowest BCUT2D eigenvalue weighted by molar-refractivity contribution is 1.46. The number of H-pyrrole nitrogens is 2. The molecule has 0 unspecified atom stereocenters. The molecule has 2 aromatic heterocycles. The first-order valence-corrected chi connectivity index (χ1v) is 6.33. The maximum atomic E-state index is 5.09. The molecular formula is C8H4N2S4. The predicted octanol–water partition coefficient (Wildman–Crippen LogP) is 4.23. The number of fused-ring (bicyclic) bond motifs is 2. The van der Waals surface area contributed by atoms with E-state index in [1.807, 2.05) is 0 Å². The van der Waals surface area contributed by atoms with Crippen LogP contribution in [0.2, 0.25) is 0 Å². The molecule has 0 spiro atoms. The van der Waals surface area contributed by atoms with E-state index in [2.05, 4.69) is 22.1 Å². The molecule has 2 heterocycles. The van der Waals surface area contributed by atoms with Gasteiger partial charge in [0.25, 0.3) is 0 Å². The first kappa shape index (κ1) is 8.72. The molecule has 0 aliphatic carbocycles. The zero-order chi connectivity index (χ0) is 9.71. The average Bonchev–Trinajstić information content (AvgIpc) is 2.59. The Balaban J connectivity index is 2.61. The summed E-state index contributed by atoms with van der Waals surface area (Å²) in [6.45, 7) is 0. The number of benzene rings is 1. The smallest absolute Gasteiger partial charge is 0.159 e. The Kier molecular flexibility index (Phi) is 1.85. The molecule has 0 saturated heterocycles. The van der Waals surface area contributed by atoms with Crippen molar-refractivity contribution in [1.82, 2.24) is 9.97 Å². The Morgan fingerprint density at radius 3 is 1.71 bits per heavy atom. The van der Waals surface area contributed by atoms with Gasteiger partial charge in [-0.3, -0.25) is 0 Å². The molecule has 0 radical (unpaired) electrons. The zero-order valence-electron chi connectivity index (χ0n) is 6.79. The molecule has 0 bridgehead atoms. The summed E-state index contributed by atoms with van der Waals surface area (Å²) in [4.78, 5) is 6.30. The highest BCUT2D eigenvalue weighted by molar-refractivity contribution is 7.74. The topological polar surface area (TPSA) is 31.6 Å². The molecule has 2 nitrogen and oxygen atoms in total. The van der Waals surface area contributed by atoms with Gasteiger partial charge in [-0.25, -0.2) is 0 Å². The van der Waals surface area contributed by atoms with Gasteiger partial charge in [0.05, 0.1) is 20.4 Å². The van der Waals surface area contributed by atoms with Crippen LogP contribution in [0.1, 0.15) is 0 Å². The van der Waals surface area contributed by atoms with Gasteiger partial charge in [-0.1, -0.05) is 0 Å². The van der Waals surface area contributed by atoms with Crippen LogP contribution in [0.25, 0.3) is 20.4 Å². The summed E-state index contributed by atoms with van der Waals surface area (Å²) in [6.07, 6.45) is 0. The molecule has 0 saturated carbocycles. The highest BCUT2D eigenvalue weighted by atomic mass is 32.2. The van der Waals surface area contributed by atoms with E-state index in [0.717, 1.165) is 18.9 Å². The van der Waals surface area contributed by atoms with Gasteiger partial charge in [0, 0.05) is 0 Å². The predicted molar refractivity (Wildman–Crippen MR) is 67.6 cm³/mol. The van der Waals surface area contributed by atoms with Crippen molar-refractivity contribution < 1.29 is 0 Å². The van der Waals surface area contributed by atoms with E-state index in [1.54, 1.807) is 22.7 Å². The van der Waals surface area contributed by atoms with Gasteiger partial charge < -0.3 is 9.97 Å². The van der Waals surface area contributed by atoms with Crippen molar-refractivity contribution in [2.24, 2.45) is 0 Å². The third-order valence-electron chi connectivity index (χ3n) is 1.96. The quantitative estimate of drug-likeness (QED) is 0.590. The number of hydrogen-bond donors (Lipinski definition) is 2. The summed E-state index contributed by atoms with van der Waals surface area (Å²) < 4.78 is 3.98. The highest BCUT2D eigenvalue weighted by Crippen LogP contribution is 2.27. The second-order valence-electron chi connectivity index (χ2n) is 2.87. The molecule has 0 atom stereocenters. The van der Waals surface area contributed by atoms with Crippen LogP contribution >= 0.6 is 47.1 Å². The molecular weight excluding hydrogens is 252 g/mol. The third-order valence-corrected chi connectivity index (χ3v) is 4.35. The third kappa shape index (κ3) is 1.26. The number of thiazole rings is 2. The van der Waals surface area contributed by atoms with Gasteiger partial charge in [0.1, 0.15) is 0 Å². The van der Waals surface area contributed by atoms with Crippen LogP contribution in [-0.4, -0.2) is 9.97 Å². The van der Waals surface area contributed by atoms with Crippen molar-refractivity contribution >= 4 is 67.5 Å². The molecule has 3 rings (SSSR count). The second-order valence-corrected chi connectivity index (χ2v) is 6.31. The molecule has 70 valence electrons. The zero-order valence-corrected chi connectivity index (χ0v) is 10.1. The van der Waals surface area contributed by atoms with Crippen molar-refractivity contribution in [1.29, 1.82) is 0 Å². The first-order chi connectivity index (χ1) is 6.72. The standard InChI is InChI=1S/C8H4N2S4/c11-7-9-3-1-5-4(2-6(3)14-7)10-8(12)13-5/h1-2H,(H,9,11)(H,10,12). The van der Waals surface area contributed by atoms with Crippen molar-refractivity contribution in [2.75, 3.05) is 0 Å². The number of rotatable bonds is 0. The molecule has 0 amide bonds. The lowest BCUT2D eigenvalue weighted by Crippen LogP contribution is -1.68. The van der Waals surface area contributed by atoms with Gasteiger partial charge in [-0.15, -0.1) is 22.7 Å². The fraction of sp³-hybridized carbons (Fsp3) is 0. The van der Waals surface area contributed by atoms with E-state index < -0.39 is 0 Å². The monoisotopic (exact) mass is 256 g/mol. The van der Waals surface area contributed by atoms with Crippen molar-refractivity contribution in [3.63, 3.8) is 0 Å². The van der Waals surface area contributed by atoms with Crippen molar-refractivity contribution in [3.05, 3.63) is 20.0 Å². The maximum Gasteiger partial charge on any atom is 0.159 e. The molecule has 3 aromatic rings. The van der Waals surface area contributed by atoms with E-state index in [0.29, 0.717) is 0 Å². The van der Waals surface area contributed by atoms with Crippen LogP contribution in [0.4, 0.5) is 0 Å². The van der Waals surface area contributed by atoms with Crippen LogP contribution in [0.5, 0.6) is 0 Å². The molecule has 0 aliphatic heterocycles. The van der Waals surface area contributed by atoms with E-state index in [9.17, 15) is 0 Å². The lowest BCUT2D eigenvalue weighted by atomic mass is 10.3. The van der Waals surface area contributed by atoms with E-state index in [1.165, 1.54) is 9.40 Å². The number of nitrogens with one attached hydrogen (secondary N) is 2. The summed E-state index contributed by atoms with van der Waals surface area (Å²) in [5.74, 6) is 0. The van der Waals surface area contributed by atoms with Crippen LogP contribution < -0.4 is 0 Å². The van der Waals surface area contributed by atoms with E-state index in [-0.39, 0.29) is 0 Å². The molecule has 1 aromatic carbocycles. The molecule has 2 N–H and O–H groups in total. The number of aromatic amines is 2. The Morgan fingerprint density at radius 1 is 0.857 bits per heavy atom. The van der Waals surface area contributed by atoms with Gasteiger partial charge in [0.2, 0.25) is 0 Å². The van der Waals surface area contributed by atoms with Crippen LogP contribution in [0, 0.1) is 7.91 Å². The Bertz CT molecular complexity index is 610. The fourth-order valence-electron chi connectivity index (χ4n) is 1.39. The largest absolute Gasteiger partial charge is 0.337 e. The van der Waals surface area contributed by atoms with Gasteiger partial charge in [0.15, 0.2) is 7.91 Å². The molecule has 0 fully saturated rings.